The van der Waals surface area contributed by atoms with Crippen molar-refractivity contribution in [1.29, 1.82) is 0 Å². The summed E-state index contributed by atoms with van der Waals surface area (Å²) in [6, 6.07) is 9.90. The number of rotatable bonds is 5. The number of fused-ring (bicyclic) bond motifs is 1. The first-order valence-corrected chi connectivity index (χ1v) is 9.82. The van der Waals surface area contributed by atoms with E-state index in [4.69, 9.17) is 5.73 Å². The Morgan fingerprint density at radius 3 is 2.55 bits per heavy atom. The topological polar surface area (TPSA) is 156 Å². The van der Waals surface area contributed by atoms with E-state index in [1.54, 1.807) is 37.3 Å². The van der Waals surface area contributed by atoms with E-state index in [1.807, 2.05) is 13.8 Å². The number of amides is 1. The number of quaternary nitrogens is 1. The van der Waals surface area contributed by atoms with Crippen molar-refractivity contribution in [3.63, 3.8) is 0 Å². The van der Waals surface area contributed by atoms with Crippen LogP contribution in [0.15, 0.2) is 41.4 Å². The number of benzene rings is 2. The van der Waals surface area contributed by atoms with Crippen LogP contribution >= 0.6 is 0 Å². The zero-order chi connectivity index (χ0) is 22.9. The third-order valence-electron chi connectivity index (χ3n) is 4.97. The van der Waals surface area contributed by atoms with E-state index < -0.39 is 13.2 Å². The van der Waals surface area contributed by atoms with Crippen LogP contribution in [0, 0.1) is 5.92 Å². The molecule has 2 aromatic rings. The molecule has 0 aromatic heterocycles. The summed E-state index contributed by atoms with van der Waals surface area (Å²) in [5, 5.41) is 42.0. The van der Waals surface area contributed by atoms with Crippen molar-refractivity contribution in [3.8, 4) is 11.1 Å². The van der Waals surface area contributed by atoms with Crippen molar-refractivity contribution in [3.05, 3.63) is 46.8 Å². The maximum atomic E-state index is 12.3. The average molecular weight is 424 g/mol. The highest BCUT2D eigenvalue weighted by molar-refractivity contribution is 6.58. The minimum Gasteiger partial charge on any atom is -0.862 e. The minimum absolute atomic E-state index is 0.0851. The summed E-state index contributed by atoms with van der Waals surface area (Å²) in [6.07, 6.45) is -0.856. The van der Waals surface area contributed by atoms with Gasteiger partial charge in [0.2, 0.25) is 5.82 Å². The normalized spacial score (nSPS) is 16.2. The van der Waals surface area contributed by atoms with Crippen LogP contribution in [0.25, 0.3) is 22.6 Å². The predicted octanol–water partition coefficient (Wildman–Crippen LogP) is -2.30. The number of carboxylic acid groups (broad SMARTS) is 1. The zero-order valence-corrected chi connectivity index (χ0v) is 17.5. The molecule has 0 fully saturated rings. The highest BCUT2D eigenvalue weighted by Crippen LogP contribution is 2.29. The van der Waals surface area contributed by atoms with Crippen molar-refractivity contribution in [2.45, 2.75) is 27.2 Å². The van der Waals surface area contributed by atoms with Gasteiger partial charge in [-0.1, -0.05) is 37.1 Å². The number of nitrogens with zero attached hydrogens (tertiary/aromatic N) is 1. The lowest BCUT2D eigenvalue weighted by Crippen LogP contribution is -3.20. The highest BCUT2D eigenvalue weighted by atomic mass is 16.4. The fourth-order valence-corrected chi connectivity index (χ4v) is 3.45. The summed E-state index contributed by atoms with van der Waals surface area (Å²) in [5.74, 6) is 0.00824. The second-order valence-electron chi connectivity index (χ2n) is 7.86. The molecule has 0 saturated heterocycles. The van der Waals surface area contributed by atoms with E-state index in [0.717, 1.165) is 0 Å². The summed E-state index contributed by atoms with van der Waals surface area (Å²) in [7, 11) is -1.68. The van der Waals surface area contributed by atoms with Crippen LogP contribution in [0.1, 0.15) is 27.2 Å². The molecular weight excluding hydrogens is 399 g/mol. The molecular formula is C21H25BN4O5. The van der Waals surface area contributed by atoms with Gasteiger partial charge in [0.15, 0.2) is 0 Å². The van der Waals surface area contributed by atoms with Gasteiger partial charge in [0, 0.05) is 10.8 Å². The molecule has 1 atom stereocenters. The Morgan fingerprint density at radius 2 is 1.94 bits per heavy atom. The van der Waals surface area contributed by atoms with E-state index in [-0.39, 0.29) is 28.1 Å². The SMILES string of the molecule is CC1=c2cc(-c3cc(B(O)O)ccc3N=C([O-])CC(C)C)ccc2=C(N)[NH+](C(=O)O)N1. The third-order valence-corrected chi connectivity index (χ3v) is 4.97. The van der Waals surface area contributed by atoms with Gasteiger partial charge in [0.25, 0.3) is 0 Å². The molecule has 3 rings (SSSR count). The lowest BCUT2D eigenvalue weighted by molar-refractivity contribution is -0.790. The number of nitrogens with one attached hydrogen (secondary N) is 2. The molecule has 0 spiro atoms. The summed E-state index contributed by atoms with van der Waals surface area (Å²) in [5.41, 5.74) is 11.3. The smallest absolute Gasteiger partial charge is 0.543 e. The van der Waals surface area contributed by atoms with Gasteiger partial charge >= 0.3 is 13.2 Å². The van der Waals surface area contributed by atoms with Crippen molar-refractivity contribution in [1.82, 2.24) is 5.43 Å². The Hall–Kier alpha value is -3.34. The molecule has 1 aliphatic heterocycles. The first-order chi connectivity index (χ1) is 14.6. The lowest BCUT2D eigenvalue weighted by Gasteiger charge is -2.20. The van der Waals surface area contributed by atoms with Gasteiger partial charge in [-0.05, 0) is 54.4 Å². The van der Waals surface area contributed by atoms with E-state index in [2.05, 4.69) is 10.4 Å². The van der Waals surface area contributed by atoms with E-state index in [0.29, 0.717) is 39.4 Å². The Morgan fingerprint density at radius 1 is 1.23 bits per heavy atom. The zero-order valence-electron chi connectivity index (χ0n) is 17.5. The summed E-state index contributed by atoms with van der Waals surface area (Å²) in [6.45, 7) is 5.60. The molecule has 1 amide bonds. The van der Waals surface area contributed by atoms with Gasteiger partial charge in [-0.2, -0.15) is 4.79 Å². The highest BCUT2D eigenvalue weighted by Gasteiger charge is 2.27. The molecule has 0 saturated carbocycles. The molecule has 7 N–H and O–H groups in total. The van der Waals surface area contributed by atoms with Crippen molar-refractivity contribution < 1.29 is 30.1 Å². The van der Waals surface area contributed by atoms with E-state index >= 15 is 0 Å². The Labute approximate surface area is 179 Å². The van der Waals surface area contributed by atoms with Gasteiger partial charge in [-0.25, -0.2) is 5.43 Å². The largest absolute Gasteiger partial charge is 0.862 e. The predicted molar refractivity (Wildman–Crippen MR) is 116 cm³/mol. The first-order valence-electron chi connectivity index (χ1n) is 9.82. The van der Waals surface area contributed by atoms with Gasteiger partial charge in [-0.3, -0.25) is 4.99 Å². The fourth-order valence-electron chi connectivity index (χ4n) is 3.45. The Balaban J connectivity index is 2.21. The fraction of sp³-hybridized carbons (Fsp3) is 0.238. The maximum absolute atomic E-state index is 12.3. The van der Waals surface area contributed by atoms with Crippen molar-refractivity contribution in [2.24, 2.45) is 16.6 Å². The molecule has 1 heterocycles. The van der Waals surface area contributed by atoms with Crippen LogP contribution in [-0.4, -0.2) is 34.3 Å². The second kappa shape index (κ2) is 8.80. The van der Waals surface area contributed by atoms with Crippen LogP contribution in [0.4, 0.5) is 10.5 Å². The molecule has 0 radical (unpaired) electrons. The molecule has 1 aliphatic rings. The molecule has 31 heavy (non-hydrogen) atoms. The maximum Gasteiger partial charge on any atom is 0.543 e. The number of aliphatic imine (C=N–C) groups is 1. The standard InChI is InChI=1S/C21H25BN4O5/c1-11(2)8-19(27)24-18-7-5-14(22(30)31)10-17(18)13-4-6-15-16(9-13)12(3)25-26(20(15)23)21(28)29/h4-7,9-11,25,30-31H,8,23H2,1-3H3,(H,24,27)(H,28,29). The molecule has 10 heteroatoms. The Kier molecular flexibility index (Phi) is 6.35. The monoisotopic (exact) mass is 424 g/mol. The van der Waals surface area contributed by atoms with Crippen LogP contribution in [0.3, 0.4) is 0 Å². The first kappa shape index (κ1) is 22.4. The summed E-state index contributed by atoms with van der Waals surface area (Å²) < 4.78 is 0. The number of carbonyl (C=O) groups is 1. The molecule has 0 aliphatic carbocycles. The summed E-state index contributed by atoms with van der Waals surface area (Å²) >= 11 is 0. The quantitative estimate of drug-likeness (QED) is 0.179. The summed E-state index contributed by atoms with van der Waals surface area (Å²) in [4.78, 5) is 15.6. The molecule has 2 aromatic carbocycles. The Bertz CT molecular complexity index is 1180. The van der Waals surface area contributed by atoms with Gasteiger partial charge in [0.1, 0.15) is 0 Å². The molecule has 1 unspecified atom stereocenters. The van der Waals surface area contributed by atoms with Crippen molar-refractivity contribution >= 4 is 41.8 Å². The van der Waals surface area contributed by atoms with Gasteiger partial charge < -0.3 is 26.0 Å². The van der Waals surface area contributed by atoms with Crippen LogP contribution in [-0.2, 0) is 0 Å². The van der Waals surface area contributed by atoms with Crippen LogP contribution in [0.2, 0.25) is 0 Å². The van der Waals surface area contributed by atoms with Gasteiger partial charge in [0.05, 0.1) is 16.6 Å². The number of hydrogen-bond acceptors (Lipinski definition) is 7. The number of nitrogens with two attached hydrogens (primary N) is 1. The van der Waals surface area contributed by atoms with Crippen molar-refractivity contribution in [2.75, 3.05) is 0 Å². The third kappa shape index (κ3) is 4.71. The van der Waals surface area contributed by atoms with Crippen LogP contribution in [0.5, 0.6) is 0 Å². The van der Waals surface area contributed by atoms with E-state index in [9.17, 15) is 25.1 Å². The molecule has 162 valence electrons. The van der Waals surface area contributed by atoms with Gasteiger partial charge in [-0.15, -0.1) is 0 Å². The van der Waals surface area contributed by atoms with Crippen LogP contribution < -0.4 is 37.2 Å². The molecule has 9 nitrogen and oxygen atoms in total. The molecule has 0 bridgehead atoms. The average Bonchev–Trinajstić information content (AvgIpc) is 2.69. The number of hydrogen-bond donors (Lipinski definition) is 6. The minimum atomic E-state index is -1.68. The lowest BCUT2D eigenvalue weighted by atomic mass is 9.78. The van der Waals surface area contributed by atoms with E-state index in [1.165, 1.54) is 6.07 Å². The second-order valence-corrected chi connectivity index (χ2v) is 7.86.